The molecule has 2 saturated heterocycles. The Hall–Kier alpha value is -1.75. The Morgan fingerprint density at radius 1 is 1.21 bits per heavy atom. The van der Waals surface area contributed by atoms with Gasteiger partial charge in [-0.25, -0.2) is 0 Å². The molecule has 1 spiro atoms. The lowest BCUT2D eigenvalue weighted by Gasteiger charge is -2.63. The molecule has 12 atom stereocenters. The number of rotatable bonds is 4. The van der Waals surface area contributed by atoms with Crippen molar-refractivity contribution in [3.63, 3.8) is 0 Å². The average Bonchev–Trinajstić information content (AvgIpc) is 3.27. The molecule has 0 amide bonds. The smallest absolute Gasteiger partial charge is 0.302 e. The Morgan fingerprint density at radius 2 is 1.93 bits per heavy atom. The largest absolute Gasteiger partial charge is 0.462 e. The molecular weight excluding hydrogens is 566 g/mol. The van der Waals surface area contributed by atoms with Crippen LogP contribution in [0.15, 0.2) is 16.8 Å². The average molecular weight is 616 g/mol. The zero-order valence-electron chi connectivity index (χ0n) is 27.0. The van der Waals surface area contributed by atoms with Crippen LogP contribution in [-0.2, 0) is 28.2 Å². The van der Waals surface area contributed by atoms with Crippen molar-refractivity contribution in [2.75, 3.05) is 6.61 Å². The summed E-state index contributed by atoms with van der Waals surface area (Å²) < 4.78 is 27.2. The molecule has 0 unspecified atom stereocenters. The van der Waals surface area contributed by atoms with Gasteiger partial charge in [0.15, 0.2) is 14.1 Å². The molecule has 0 radical (unpaired) electrons. The summed E-state index contributed by atoms with van der Waals surface area (Å²) in [6.07, 6.45) is 5.95. The predicted octanol–water partition coefficient (Wildman–Crippen LogP) is 5.84. The number of Topliss-reactive ketones (excluding diaryl/α,β-unsaturated/α-hetero) is 1. The van der Waals surface area contributed by atoms with Gasteiger partial charge in [0.05, 0.1) is 23.7 Å². The molecule has 4 aliphatic carbocycles. The monoisotopic (exact) mass is 615 g/mol. The standard InChI is InChI=1S/C32H49N3O7Si/c1-18-31(12-11-28(3,38)17-39-31)41-27-15-23-21-10-9-20-13-25(37)24(34-35-33)16-29(20,4)22(21)14-26(40-19(2)36)30(23,5)32(18,27)42-43(6,7)8/h15,18,20-22,24,26-27,38H,9-14,16-17H2,1-8H3/t18-,20+,21-,22+,24-,26-,27+,28+,29+,30-,31-,32-/m1/s1. The Labute approximate surface area is 256 Å². The summed E-state index contributed by atoms with van der Waals surface area (Å²) >= 11 is 0. The van der Waals surface area contributed by atoms with E-state index >= 15 is 0 Å². The normalized spacial score (nSPS) is 50.6. The first-order valence-electron chi connectivity index (χ1n) is 16.1. The highest BCUT2D eigenvalue weighted by Gasteiger charge is 2.78. The summed E-state index contributed by atoms with van der Waals surface area (Å²) in [7, 11) is -2.22. The van der Waals surface area contributed by atoms with Gasteiger partial charge in [0, 0.05) is 30.6 Å². The van der Waals surface area contributed by atoms with E-state index in [-0.39, 0.29) is 47.4 Å². The van der Waals surface area contributed by atoms with Crippen LogP contribution in [0.1, 0.15) is 79.6 Å². The molecule has 0 bridgehead atoms. The lowest BCUT2D eigenvalue weighted by molar-refractivity contribution is -0.289. The summed E-state index contributed by atoms with van der Waals surface area (Å²) in [5.74, 6) is -0.861. The SMILES string of the molecule is CC(=O)O[C@@H]1C[C@H]2[C@@H](CC[C@H]3CC(=O)[C@H](N=[N+]=[N-])C[C@@]32C)C2=C[C@@H]3O[C@]4(CC[C@](C)(O)CO4)[C@@H](C)[C@]3(O[Si](C)(C)C)[C@]21C. The van der Waals surface area contributed by atoms with Crippen molar-refractivity contribution < 1.29 is 33.3 Å². The van der Waals surface area contributed by atoms with Crippen LogP contribution >= 0.6 is 0 Å². The minimum absolute atomic E-state index is 0.0343. The van der Waals surface area contributed by atoms with E-state index in [0.29, 0.717) is 32.1 Å². The van der Waals surface area contributed by atoms with Crippen LogP contribution in [0.2, 0.25) is 19.6 Å². The van der Waals surface area contributed by atoms with Gasteiger partial charge < -0.3 is 23.7 Å². The van der Waals surface area contributed by atoms with Gasteiger partial charge in [0.25, 0.3) is 0 Å². The van der Waals surface area contributed by atoms with Crippen molar-refractivity contribution in [3.05, 3.63) is 22.1 Å². The first-order chi connectivity index (χ1) is 19.9. The van der Waals surface area contributed by atoms with Crippen molar-refractivity contribution in [1.82, 2.24) is 0 Å². The van der Waals surface area contributed by atoms with E-state index in [4.69, 9.17) is 18.6 Å². The first-order valence-corrected chi connectivity index (χ1v) is 19.5. The van der Waals surface area contributed by atoms with Gasteiger partial charge in [-0.1, -0.05) is 30.6 Å². The van der Waals surface area contributed by atoms with Crippen molar-refractivity contribution in [2.24, 2.45) is 39.6 Å². The Morgan fingerprint density at radius 3 is 2.53 bits per heavy atom. The minimum Gasteiger partial charge on any atom is -0.462 e. The fraction of sp³-hybridized carbons (Fsp3) is 0.875. The fourth-order valence-corrected chi connectivity index (χ4v) is 12.0. The third-order valence-corrected chi connectivity index (χ3v) is 13.4. The van der Waals surface area contributed by atoms with E-state index < -0.39 is 49.0 Å². The Balaban J connectivity index is 1.48. The molecule has 238 valence electrons. The summed E-state index contributed by atoms with van der Waals surface area (Å²) in [5.41, 5.74) is 7.79. The highest BCUT2D eigenvalue weighted by molar-refractivity contribution is 6.69. The molecule has 5 fully saturated rings. The van der Waals surface area contributed by atoms with Crippen LogP contribution < -0.4 is 0 Å². The second-order valence-corrected chi connectivity index (χ2v) is 20.5. The highest BCUT2D eigenvalue weighted by Crippen LogP contribution is 2.72. The zero-order chi connectivity index (χ0) is 31.4. The molecule has 2 aliphatic heterocycles. The number of ketones is 1. The van der Waals surface area contributed by atoms with Crippen LogP contribution in [0, 0.1) is 34.5 Å². The van der Waals surface area contributed by atoms with Gasteiger partial charge in [-0.3, -0.25) is 9.59 Å². The van der Waals surface area contributed by atoms with Crippen molar-refractivity contribution in [1.29, 1.82) is 0 Å². The quantitative estimate of drug-likeness (QED) is 0.105. The molecule has 1 N–H and O–H groups in total. The summed E-state index contributed by atoms with van der Waals surface area (Å²) in [6.45, 7) is 16.7. The maximum atomic E-state index is 12.9. The number of nitrogens with zero attached hydrogens (tertiary/aromatic N) is 3. The van der Waals surface area contributed by atoms with Gasteiger partial charge >= 0.3 is 5.97 Å². The zero-order valence-corrected chi connectivity index (χ0v) is 28.0. The third kappa shape index (κ3) is 4.43. The van der Waals surface area contributed by atoms with Crippen LogP contribution in [0.25, 0.3) is 10.4 Å². The number of esters is 1. The van der Waals surface area contributed by atoms with Crippen LogP contribution in [0.5, 0.6) is 0 Å². The number of fused-ring (bicyclic) bond motifs is 7. The topological polar surface area (TPSA) is 140 Å². The lowest BCUT2D eigenvalue weighted by Crippen LogP contribution is -2.68. The molecule has 2 heterocycles. The van der Waals surface area contributed by atoms with E-state index in [1.165, 1.54) is 12.5 Å². The number of hydrogen-bond donors (Lipinski definition) is 1. The van der Waals surface area contributed by atoms with Crippen molar-refractivity contribution in [2.45, 2.75) is 134 Å². The molecule has 11 heteroatoms. The van der Waals surface area contributed by atoms with Crippen LogP contribution in [-0.4, -0.2) is 67.0 Å². The van der Waals surface area contributed by atoms with Gasteiger partial charge in [0.2, 0.25) is 0 Å². The molecular formula is C32H49N3O7Si. The molecule has 0 aromatic rings. The van der Waals surface area contributed by atoms with E-state index in [9.17, 15) is 20.2 Å². The number of aliphatic hydroxyl groups is 1. The van der Waals surface area contributed by atoms with Gasteiger partial charge in [-0.05, 0) is 94.3 Å². The second kappa shape index (κ2) is 9.87. The number of carbonyl (C=O) groups excluding carboxylic acids is 2. The Kier molecular flexibility index (Phi) is 7.17. The fourth-order valence-electron chi connectivity index (χ4n) is 10.5. The van der Waals surface area contributed by atoms with Gasteiger partial charge in [-0.2, -0.15) is 0 Å². The van der Waals surface area contributed by atoms with Gasteiger partial charge in [0.1, 0.15) is 23.6 Å². The van der Waals surface area contributed by atoms with E-state index in [0.717, 1.165) is 12.8 Å². The number of hydrogen-bond acceptors (Lipinski definition) is 8. The molecule has 10 nitrogen and oxygen atoms in total. The maximum absolute atomic E-state index is 12.9. The molecule has 3 saturated carbocycles. The third-order valence-electron chi connectivity index (χ3n) is 12.5. The summed E-state index contributed by atoms with van der Waals surface area (Å²) in [4.78, 5) is 28.7. The number of carbonyl (C=O) groups is 2. The minimum atomic E-state index is -2.22. The molecule has 6 aliphatic rings. The second-order valence-electron chi connectivity index (χ2n) is 16.1. The molecule has 43 heavy (non-hydrogen) atoms. The molecule has 0 aromatic heterocycles. The van der Waals surface area contributed by atoms with Crippen LogP contribution in [0.3, 0.4) is 0 Å². The Bertz CT molecular complexity index is 1280. The summed E-state index contributed by atoms with van der Waals surface area (Å²) in [6, 6.07) is -0.659. The molecule has 0 aromatic carbocycles. The summed E-state index contributed by atoms with van der Waals surface area (Å²) in [5, 5.41) is 14.6. The lowest BCUT2D eigenvalue weighted by atomic mass is 9.44. The highest BCUT2D eigenvalue weighted by atomic mass is 28.4. The van der Waals surface area contributed by atoms with E-state index in [1.807, 2.05) is 0 Å². The van der Waals surface area contributed by atoms with Crippen molar-refractivity contribution in [3.8, 4) is 0 Å². The first kappa shape index (κ1) is 31.2. The van der Waals surface area contributed by atoms with Crippen LogP contribution in [0.4, 0.5) is 0 Å². The van der Waals surface area contributed by atoms with Gasteiger partial charge in [-0.15, -0.1) is 0 Å². The number of azide groups is 1. The predicted molar refractivity (Wildman–Crippen MR) is 161 cm³/mol. The number of ether oxygens (including phenoxy) is 3. The van der Waals surface area contributed by atoms with Crippen molar-refractivity contribution >= 4 is 20.1 Å². The van der Waals surface area contributed by atoms with E-state index in [2.05, 4.69) is 56.5 Å². The molecule has 6 rings (SSSR count). The maximum Gasteiger partial charge on any atom is 0.302 e. The van der Waals surface area contributed by atoms with E-state index in [1.54, 1.807) is 6.92 Å².